The average molecular weight is 374 g/mol. The molecular formula is C23H26N4O. The fourth-order valence-corrected chi connectivity index (χ4v) is 3.81. The molecule has 1 saturated heterocycles. The largest absolute Gasteiger partial charge is 0.372 e. The molecule has 0 spiro atoms. The van der Waals surface area contributed by atoms with Gasteiger partial charge in [-0.3, -0.25) is 4.79 Å². The van der Waals surface area contributed by atoms with Crippen molar-refractivity contribution in [3.63, 3.8) is 0 Å². The zero-order valence-electron chi connectivity index (χ0n) is 16.5. The fraction of sp³-hybridized carbons (Fsp3) is 0.348. The molecule has 2 aromatic heterocycles. The van der Waals surface area contributed by atoms with Crippen molar-refractivity contribution in [1.29, 1.82) is 0 Å². The molecule has 144 valence electrons. The molecule has 5 heteroatoms. The number of nitrogens with one attached hydrogen (secondary N) is 1. The molecule has 0 aliphatic carbocycles. The van der Waals surface area contributed by atoms with Crippen LogP contribution in [0, 0.1) is 6.92 Å². The van der Waals surface area contributed by atoms with E-state index in [9.17, 15) is 4.79 Å². The van der Waals surface area contributed by atoms with Crippen LogP contribution in [0.5, 0.6) is 0 Å². The lowest BCUT2D eigenvalue weighted by molar-refractivity contribution is 0.0939. The maximum Gasteiger partial charge on any atom is 0.253 e. The minimum Gasteiger partial charge on any atom is -0.372 e. The maximum atomic E-state index is 12.8. The van der Waals surface area contributed by atoms with Gasteiger partial charge in [0, 0.05) is 30.4 Å². The molecule has 3 heterocycles. The van der Waals surface area contributed by atoms with Gasteiger partial charge in [0.2, 0.25) is 0 Å². The summed E-state index contributed by atoms with van der Waals surface area (Å²) in [5.74, 6) is -0.108. The predicted molar refractivity (Wildman–Crippen MR) is 113 cm³/mol. The topological polar surface area (TPSA) is 58.1 Å². The number of fused-ring (bicyclic) bond motifs is 1. The fourth-order valence-electron chi connectivity index (χ4n) is 3.81. The zero-order chi connectivity index (χ0) is 19.5. The smallest absolute Gasteiger partial charge is 0.253 e. The van der Waals surface area contributed by atoms with Gasteiger partial charge in [-0.25, -0.2) is 9.97 Å². The molecule has 3 aromatic rings. The second kappa shape index (κ2) is 7.97. The van der Waals surface area contributed by atoms with E-state index in [1.54, 1.807) is 6.20 Å². The van der Waals surface area contributed by atoms with Crippen LogP contribution in [0.1, 0.15) is 53.8 Å². The minimum absolute atomic E-state index is 0.0769. The van der Waals surface area contributed by atoms with Crippen LogP contribution in [0.2, 0.25) is 0 Å². The van der Waals surface area contributed by atoms with Gasteiger partial charge in [-0.2, -0.15) is 0 Å². The number of pyridine rings is 2. The van der Waals surface area contributed by atoms with Gasteiger partial charge in [-0.05, 0) is 69.0 Å². The van der Waals surface area contributed by atoms with E-state index in [4.69, 9.17) is 0 Å². The van der Waals surface area contributed by atoms with Crippen LogP contribution in [0.4, 0.5) is 5.69 Å². The molecule has 1 aliphatic heterocycles. The molecule has 1 atom stereocenters. The molecule has 1 N–H and O–H groups in total. The van der Waals surface area contributed by atoms with Gasteiger partial charge < -0.3 is 10.2 Å². The van der Waals surface area contributed by atoms with Crippen molar-refractivity contribution in [3.8, 4) is 0 Å². The second-order valence-electron chi connectivity index (χ2n) is 7.51. The van der Waals surface area contributed by atoms with Crippen LogP contribution < -0.4 is 10.2 Å². The van der Waals surface area contributed by atoms with Crippen molar-refractivity contribution in [2.45, 2.75) is 39.2 Å². The summed E-state index contributed by atoms with van der Waals surface area (Å²) in [6, 6.07) is 14.1. The Morgan fingerprint density at radius 3 is 2.61 bits per heavy atom. The molecule has 1 amide bonds. The average Bonchev–Trinajstić information content (AvgIpc) is 2.74. The molecule has 4 rings (SSSR count). The Hall–Kier alpha value is -2.95. The van der Waals surface area contributed by atoms with Crippen molar-refractivity contribution < 1.29 is 4.79 Å². The number of hydrogen-bond acceptors (Lipinski definition) is 4. The second-order valence-corrected chi connectivity index (χ2v) is 7.51. The highest BCUT2D eigenvalue weighted by atomic mass is 16.1. The van der Waals surface area contributed by atoms with Crippen LogP contribution in [0.3, 0.4) is 0 Å². The summed E-state index contributed by atoms with van der Waals surface area (Å²) >= 11 is 0. The monoisotopic (exact) mass is 374 g/mol. The molecule has 0 radical (unpaired) electrons. The number of piperidine rings is 1. The minimum atomic E-state index is -0.108. The van der Waals surface area contributed by atoms with Gasteiger partial charge in [0.1, 0.15) is 0 Å². The standard InChI is InChI=1S/C23H26N4O/c1-16(18-8-10-20(11-9-18)27-13-4-3-5-14-27)26-23(28)21-15-19-7-6-12-24-22(19)25-17(21)2/h6-12,15-16H,3-5,13-14H2,1-2H3,(H,26,28)/t16-/m0/s1. The number of amides is 1. The number of benzene rings is 1. The Morgan fingerprint density at radius 2 is 1.86 bits per heavy atom. The van der Waals surface area contributed by atoms with E-state index >= 15 is 0 Å². The first-order valence-corrected chi connectivity index (χ1v) is 10.00. The first-order chi connectivity index (χ1) is 13.6. The Morgan fingerprint density at radius 1 is 1.11 bits per heavy atom. The van der Waals surface area contributed by atoms with Crippen LogP contribution in [-0.4, -0.2) is 29.0 Å². The number of carbonyl (C=O) groups excluding carboxylic acids is 1. The third kappa shape index (κ3) is 3.84. The Labute approximate surface area is 165 Å². The first-order valence-electron chi connectivity index (χ1n) is 10.00. The van der Waals surface area contributed by atoms with Crippen LogP contribution in [-0.2, 0) is 0 Å². The lowest BCUT2D eigenvalue weighted by Gasteiger charge is -2.29. The molecule has 0 bridgehead atoms. The first kappa shape index (κ1) is 18.4. The van der Waals surface area contributed by atoms with Crippen molar-refractivity contribution >= 4 is 22.6 Å². The van der Waals surface area contributed by atoms with E-state index in [1.807, 2.05) is 32.0 Å². The summed E-state index contributed by atoms with van der Waals surface area (Å²) < 4.78 is 0. The van der Waals surface area contributed by atoms with E-state index in [-0.39, 0.29) is 11.9 Å². The maximum absolute atomic E-state index is 12.8. The van der Waals surface area contributed by atoms with Crippen LogP contribution >= 0.6 is 0 Å². The number of hydrogen-bond donors (Lipinski definition) is 1. The summed E-state index contributed by atoms with van der Waals surface area (Å²) in [5, 5.41) is 3.98. The number of nitrogens with zero attached hydrogens (tertiary/aromatic N) is 3. The van der Waals surface area contributed by atoms with Gasteiger partial charge in [0.25, 0.3) is 5.91 Å². The van der Waals surface area contributed by atoms with Crippen molar-refractivity contribution in [3.05, 3.63) is 65.5 Å². The van der Waals surface area contributed by atoms with Crippen LogP contribution in [0.25, 0.3) is 11.0 Å². The number of carbonyl (C=O) groups is 1. The van der Waals surface area contributed by atoms with E-state index in [2.05, 4.69) is 44.5 Å². The highest BCUT2D eigenvalue weighted by molar-refractivity contribution is 5.98. The van der Waals surface area contributed by atoms with E-state index in [1.165, 1.54) is 24.9 Å². The van der Waals surface area contributed by atoms with E-state index in [0.717, 1.165) is 24.0 Å². The summed E-state index contributed by atoms with van der Waals surface area (Å²) in [4.78, 5) is 24.0. The molecule has 5 nitrogen and oxygen atoms in total. The molecular weight excluding hydrogens is 348 g/mol. The summed E-state index contributed by atoms with van der Waals surface area (Å²) in [6.45, 7) is 6.13. The van der Waals surface area contributed by atoms with Gasteiger partial charge in [0.15, 0.2) is 5.65 Å². The van der Waals surface area contributed by atoms with Gasteiger partial charge >= 0.3 is 0 Å². The zero-order valence-corrected chi connectivity index (χ0v) is 16.5. The summed E-state index contributed by atoms with van der Waals surface area (Å²) in [6.07, 6.45) is 5.58. The third-order valence-electron chi connectivity index (χ3n) is 5.49. The Bertz CT molecular complexity index is 978. The quantitative estimate of drug-likeness (QED) is 0.734. The molecule has 28 heavy (non-hydrogen) atoms. The normalized spacial score (nSPS) is 15.4. The molecule has 1 aliphatic rings. The van der Waals surface area contributed by atoms with Crippen LogP contribution in [0.15, 0.2) is 48.7 Å². The third-order valence-corrected chi connectivity index (χ3v) is 5.49. The highest BCUT2D eigenvalue weighted by Crippen LogP contribution is 2.23. The van der Waals surface area contributed by atoms with E-state index < -0.39 is 0 Å². The number of aryl methyl sites for hydroxylation is 1. The molecule has 0 saturated carbocycles. The lowest BCUT2D eigenvalue weighted by atomic mass is 10.1. The number of rotatable bonds is 4. The Balaban J connectivity index is 1.47. The molecule has 0 unspecified atom stereocenters. The van der Waals surface area contributed by atoms with E-state index in [0.29, 0.717) is 16.9 Å². The summed E-state index contributed by atoms with van der Waals surface area (Å²) in [5.41, 5.74) is 4.32. The number of anilines is 1. The van der Waals surface area contributed by atoms with Crippen molar-refractivity contribution in [1.82, 2.24) is 15.3 Å². The highest BCUT2D eigenvalue weighted by Gasteiger charge is 2.16. The summed E-state index contributed by atoms with van der Waals surface area (Å²) in [7, 11) is 0. The number of aromatic nitrogens is 2. The molecule has 1 fully saturated rings. The van der Waals surface area contributed by atoms with Crippen molar-refractivity contribution in [2.75, 3.05) is 18.0 Å². The SMILES string of the molecule is Cc1nc2ncccc2cc1C(=O)N[C@@H](C)c1ccc(N2CCCCC2)cc1. The molecule has 1 aromatic carbocycles. The van der Waals surface area contributed by atoms with Gasteiger partial charge in [-0.1, -0.05) is 12.1 Å². The van der Waals surface area contributed by atoms with Gasteiger partial charge in [0.05, 0.1) is 17.3 Å². The Kier molecular flexibility index (Phi) is 5.24. The lowest BCUT2D eigenvalue weighted by Crippen LogP contribution is -2.29. The predicted octanol–water partition coefficient (Wildman–Crippen LogP) is 4.42. The van der Waals surface area contributed by atoms with Gasteiger partial charge in [-0.15, -0.1) is 0 Å². The van der Waals surface area contributed by atoms with Crippen molar-refractivity contribution in [2.24, 2.45) is 0 Å².